The highest BCUT2D eigenvalue weighted by Gasteiger charge is 2.44. The Bertz CT molecular complexity index is 906. The minimum absolute atomic E-state index is 0.0493. The van der Waals surface area contributed by atoms with Crippen molar-refractivity contribution >= 4 is 11.0 Å². The molecule has 0 saturated carbocycles. The number of aryl methyl sites for hydroxylation is 2. The highest BCUT2D eigenvalue weighted by atomic mass is 16.4. The Balaban J connectivity index is 1.65. The molecule has 5 nitrogen and oxygen atoms in total. The summed E-state index contributed by atoms with van der Waals surface area (Å²) in [5.74, 6) is 0. The lowest BCUT2D eigenvalue weighted by Crippen LogP contribution is -2.58. The van der Waals surface area contributed by atoms with Crippen LogP contribution in [-0.4, -0.2) is 54.2 Å². The molecule has 2 aromatic rings. The van der Waals surface area contributed by atoms with Crippen LogP contribution in [0.4, 0.5) is 0 Å². The minimum atomic E-state index is -0.284. The number of fused-ring (bicyclic) bond motifs is 1. The minimum Gasteiger partial charge on any atom is -0.422 e. The van der Waals surface area contributed by atoms with E-state index in [0.717, 1.165) is 68.5 Å². The van der Waals surface area contributed by atoms with Crippen LogP contribution in [-0.2, 0) is 6.54 Å². The van der Waals surface area contributed by atoms with Crippen LogP contribution in [0.25, 0.3) is 11.0 Å². The van der Waals surface area contributed by atoms with Gasteiger partial charge in [0.1, 0.15) is 5.58 Å². The predicted octanol–water partition coefficient (Wildman–Crippen LogP) is 2.69. The Labute approximate surface area is 160 Å². The zero-order valence-electron chi connectivity index (χ0n) is 16.6. The molecule has 2 aliphatic heterocycles. The molecule has 1 spiro atoms. The molecule has 2 saturated heterocycles. The first-order chi connectivity index (χ1) is 12.9. The SMILES string of the molecule is Cc1cc(C)c2oc(=O)cc(CN3CCC[C@]4(CN(C)CC[C@@H]4O)C3)c2c1. The van der Waals surface area contributed by atoms with Gasteiger partial charge in [0.05, 0.1) is 6.10 Å². The molecular formula is C22H30N2O3. The molecular weight excluding hydrogens is 340 g/mol. The topological polar surface area (TPSA) is 56.9 Å². The first-order valence-electron chi connectivity index (χ1n) is 9.99. The largest absolute Gasteiger partial charge is 0.422 e. The van der Waals surface area contributed by atoms with E-state index in [1.54, 1.807) is 6.07 Å². The number of benzene rings is 1. The number of piperidine rings is 2. The van der Waals surface area contributed by atoms with Crippen LogP contribution in [0.3, 0.4) is 0 Å². The van der Waals surface area contributed by atoms with Crippen molar-refractivity contribution in [1.82, 2.24) is 9.80 Å². The Kier molecular flexibility index (Phi) is 4.87. The Morgan fingerprint density at radius 3 is 2.85 bits per heavy atom. The fourth-order valence-electron chi connectivity index (χ4n) is 5.22. The summed E-state index contributed by atoms with van der Waals surface area (Å²) in [6, 6.07) is 5.81. The van der Waals surface area contributed by atoms with Crippen LogP contribution >= 0.6 is 0 Å². The van der Waals surface area contributed by atoms with E-state index >= 15 is 0 Å². The summed E-state index contributed by atoms with van der Waals surface area (Å²) in [5, 5.41) is 11.8. The van der Waals surface area contributed by atoms with Crippen molar-refractivity contribution in [3.05, 3.63) is 45.3 Å². The predicted molar refractivity (Wildman–Crippen MR) is 107 cm³/mol. The van der Waals surface area contributed by atoms with Crippen molar-refractivity contribution in [1.29, 1.82) is 0 Å². The summed E-state index contributed by atoms with van der Waals surface area (Å²) in [4.78, 5) is 16.9. The number of aliphatic hydroxyl groups excluding tert-OH is 1. The van der Waals surface area contributed by atoms with Gasteiger partial charge in [0.2, 0.25) is 0 Å². The standard InChI is InChI=1S/C22H30N2O3/c1-15-9-16(2)21-18(10-15)17(11-20(26)27-21)12-24-7-4-6-22(14-24)13-23(3)8-5-19(22)25/h9-11,19,25H,4-8,12-14H2,1-3H3/t19-,22-/m0/s1. The number of likely N-dealkylation sites (tertiary alicyclic amines) is 2. The second-order valence-electron chi connectivity index (χ2n) is 8.77. The third kappa shape index (κ3) is 3.56. The normalized spacial score (nSPS) is 27.5. The van der Waals surface area contributed by atoms with Gasteiger partial charge in [-0.1, -0.05) is 6.07 Å². The van der Waals surface area contributed by atoms with Crippen molar-refractivity contribution in [2.45, 2.75) is 45.8 Å². The molecule has 1 aromatic carbocycles. The molecule has 27 heavy (non-hydrogen) atoms. The van der Waals surface area contributed by atoms with Crippen LogP contribution in [0.2, 0.25) is 0 Å². The van der Waals surface area contributed by atoms with E-state index in [2.05, 4.69) is 35.9 Å². The van der Waals surface area contributed by atoms with Crippen molar-refractivity contribution in [2.75, 3.05) is 33.2 Å². The Morgan fingerprint density at radius 1 is 1.22 bits per heavy atom. The maximum Gasteiger partial charge on any atom is 0.336 e. The van der Waals surface area contributed by atoms with Gasteiger partial charge in [-0.15, -0.1) is 0 Å². The fourth-order valence-corrected chi connectivity index (χ4v) is 5.22. The summed E-state index contributed by atoms with van der Waals surface area (Å²) < 4.78 is 5.50. The maximum atomic E-state index is 12.1. The van der Waals surface area contributed by atoms with Gasteiger partial charge in [-0.25, -0.2) is 4.79 Å². The summed E-state index contributed by atoms with van der Waals surface area (Å²) in [7, 11) is 2.15. The number of aliphatic hydroxyl groups is 1. The van der Waals surface area contributed by atoms with E-state index < -0.39 is 0 Å². The molecule has 0 amide bonds. The van der Waals surface area contributed by atoms with Crippen LogP contribution in [0.5, 0.6) is 0 Å². The molecule has 0 bridgehead atoms. The van der Waals surface area contributed by atoms with Crippen molar-refractivity contribution < 1.29 is 9.52 Å². The first-order valence-corrected chi connectivity index (χ1v) is 9.99. The quantitative estimate of drug-likeness (QED) is 0.824. The van der Waals surface area contributed by atoms with Crippen LogP contribution in [0, 0.1) is 19.3 Å². The zero-order chi connectivity index (χ0) is 19.2. The molecule has 0 unspecified atom stereocenters. The monoisotopic (exact) mass is 370 g/mol. The maximum absolute atomic E-state index is 12.1. The van der Waals surface area contributed by atoms with Gasteiger partial charge in [0, 0.05) is 43.0 Å². The van der Waals surface area contributed by atoms with Crippen molar-refractivity contribution in [3.63, 3.8) is 0 Å². The summed E-state index contributed by atoms with van der Waals surface area (Å²) in [6.45, 7) is 8.59. The molecule has 0 aliphatic carbocycles. The highest BCUT2D eigenvalue weighted by Crippen LogP contribution is 2.39. The summed E-state index contributed by atoms with van der Waals surface area (Å²) >= 11 is 0. The van der Waals surface area contributed by atoms with E-state index in [0.29, 0.717) is 5.58 Å². The average molecular weight is 370 g/mol. The molecule has 2 fully saturated rings. The number of hydrogen-bond donors (Lipinski definition) is 1. The lowest BCUT2D eigenvalue weighted by molar-refractivity contribution is -0.0807. The van der Waals surface area contributed by atoms with Gasteiger partial charge in [-0.3, -0.25) is 4.90 Å². The van der Waals surface area contributed by atoms with E-state index in [4.69, 9.17) is 4.42 Å². The van der Waals surface area contributed by atoms with E-state index in [1.807, 2.05) is 6.92 Å². The molecule has 1 aromatic heterocycles. The lowest BCUT2D eigenvalue weighted by atomic mass is 9.71. The number of rotatable bonds is 2. The third-order valence-electron chi connectivity index (χ3n) is 6.42. The zero-order valence-corrected chi connectivity index (χ0v) is 16.6. The number of hydrogen-bond acceptors (Lipinski definition) is 5. The van der Waals surface area contributed by atoms with Gasteiger partial charge in [0.25, 0.3) is 0 Å². The average Bonchev–Trinajstić information content (AvgIpc) is 2.60. The van der Waals surface area contributed by atoms with Crippen LogP contribution in [0.15, 0.2) is 27.4 Å². The highest BCUT2D eigenvalue weighted by molar-refractivity contribution is 5.83. The van der Waals surface area contributed by atoms with Gasteiger partial charge >= 0.3 is 5.63 Å². The molecule has 5 heteroatoms. The molecule has 2 aliphatic rings. The summed E-state index contributed by atoms with van der Waals surface area (Å²) in [6.07, 6.45) is 2.77. The summed E-state index contributed by atoms with van der Waals surface area (Å²) in [5.41, 5.74) is 3.58. The van der Waals surface area contributed by atoms with Gasteiger partial charge < -0.3 is 14.4 Å². The molecule has 4 rings (SSSR count). The molecule has 146 valence electrons. The number of nitrogens with zero attached hydrogens (tertiary/aromatic N) is 2. The molecule has 2 atom stereocenters. The van der Waals surface area contributed by atoms with Crippen LogP contribution < -0.4 is 5.63 Å². The van der Waals surface area contributed by atoms with Gasteiger partial charge in [0.15, 0.2) is 0 Å². The second-order valence-corrected chi connectivity index (χ2v) is 8.77. The van der Waals surface area contributed by atoms with E-state index in [9.17, 15) is 9.90 Å². The molecule has 0 radical (unpaired) electrons. The lowest BCUT2D eigenvalue weighted by Gasteiger charge is -2.50. The fraction of sp³-hybridized carbons (Fsp3) is 0.591. The van der Waals surface area contributed by atoms with Crippen molar-refractivity contribution in [3.8, 4) is 0 Å². The molecule has 3 heterocycles. The smallest absolute Gasteiger partial charge is 0.336 e. The van der Waals surface area contributed by atoms with Gasteiger partial charge in [-0.05, 0) is 69.5 Å². The van der Waals surface area contributed by atoms with E-state index in [-0.39, 0.29) is 17.1 Å². The third-order valence-corrected chi connectivity index (χ3v) is 6.42. The second kappa shape index (κ2) is 7.04. The van der Waals surface area contributed by atoms with Gasteiger partial charge in [-0.2, -0.15) is 0 Å². The van der Waals surface area contributed by atoms with Crippen molar-refractivity contribution in [2.24, 2.45) is 5.41 Å². The Morgan fingerprint density at radius 2 is 2.04 bits per heavy atom. The molecule has 1 N–H and O–H groups in total. The van der Waals surface area contributed by atoms with Crippen LogP contribution in [0.1, 0.15) is 36.0 Å². The van der Waals surface area contributed by atoms with E-state index in [1.165, 1.54) is 5.56 Å². The Hall–Kier alpha value is -1.69. The first kappa shape index (κ1) is 18.7.